The van der Waals surface area contributed by atoms with Crippen molar-refractivity contribution in [3.63, 3.8) is 0 Å². The number of nitrogens with zero attached hydrogens (tertiary/aromatic N) is 2. The molecule has 0 fully saturated rings. The van der Waals surface area contributed by atoms with Crippen LogP contribution in [0.15, 0.2) is 12.1 Å². The summed E-state index contributed by atoms with van der Waals surface area (Å²) in [7, 11) is 0. The number of hydrogen-bond acceptors (Lipinski definition) is 3. The predicted molar refractivity (Wildman–Crippen MR) is 46.9 cm³/mol. The van der Waals surface area contributed by atoms with E-state index in [1.807, 2.05) is 0 Å². The Morgan fingerprint density at radius 2 is 1.91 bits per heavy atom. The summed E-state index contributed by atoms with van der Waals surface area (Å²) in [5, 5.41) is 3.99. The largest absolute Gasteiger partial charge is 0.138 e. The highest BCUT2D eigenvalue weighted by atomic mass is 32.1. The standard InChI is InChI=1S/C8H8N2S/c1-5-3-7-8(4-6(5)2)11-10-9-7/h3-4H,1-2H3. The normalized spacial score (nSPS) is 10.7. The Labute approximate surface area is 69.0 Å². The first-order chi connectivity index (χ1) is 5.27. The van der Waals surface area contributed by atoms with Crippen LogP contribution < -0.4 is 0 Å². The Morgan fingerprint density at radius 1 is 1.18 bits per heavy atom. The summed E-state index contributed by atoms with van der Waals surface area (Å²) >= 11 is 1.45. The van der Waals surface area contributed by atoms with Gasteiger partial charge in [0.1, 0.15) is 5.52 Å². The molecule has 0 unspecified atom stereocenters. The number of aromatic nitrogens is 2. The molecule has 0 bridgehead atoms. The van der Waals surface area contributed by atoms with Gasteiger partial charge in [-0.25, -0.2) is 0 Å². The summed E-state index contributed by atoms with van der Waals surface area (Å²) in [6, 6.07) is 4.21. The molecule has 1 aromatic carbocycles. The lowest BCUT2D eigenvalue weighted by Crippen LogP contribution is -1.78. The summed E-state index contributed by atoms with van der Waals surface area (Å²) in [6.07, 6.45) is 0. The maximum Gasteiger partial charge on any atom is 0.106 e. The van der Waals surface area contributed by atoms with Crippen molar-refractivity contribution in [2.75, 3.05) is 0 Å². The van der Waals surface area contributed by atoms with Crippen LogP contribution in [0.2, 0.25) is 0 Å². The monoisotopic (exact) mass is 164 g/mol. The van der Waals surface area contributed by atoms with Crippen LogP contribution in [0.1, 0.15) is 11.1 Å². The molecule has 11 heavy (non-hydrogen) atoms. The van der Waals surface area contributed by atoms with Crippen LogP contribution >= 0.6 is 11.5 Å². The second-order valence-corrected chi connectivity index (χ2v) is 3.46. The van der Waals surface area contributed by atoms with Crippen molar-refractivity contribution in [2.24, 2.45) is 0 Å². The van der Waals surface area contributed by atoms with Gasteiger partial charge in [0.05, 0.1) is 4.70 Å². The maximum atomic E-state index is 3.99. The van der Waals surface area contributed by atoms with Crippen molar-refractivity contribution < 1.29 is 0 Å². The van der Waals surface area contributed by atoms with Gasteiger partial charge < -0.3 is 0 Å². The zero-order chi connectivity index (χ0) is 7.84. The van der Waals surface area contributed by atoms with Gasteiger partial charge in [-0.2, -0.15) is 0 Å². The van der Waals surface area contributed by atoms with E-state index in [2.05, 4.69) is 35.6 Å². The Morgan fingerprint density at radius 3 is 2.73 bits per heavy atom. The summed E-state index contributed by atoms with van der Waals surface area (Å²) in [5.74, 6) is 0. The van der Waals surface area contributed by atoms with Gasteiger partial charge in [0.2, 0.25) is 0 Å². The second kappa shape index (κ2) is 2.27. The van der Waals surface area contributed by atoms with Gasteiger partial charge in [-0.1, -0.05) is 4.49 Å². The van der Waals surface area contributed by atoms with E-state index in [0.717, 1.165) is 5.52 Å². The molecular formula is C8H8N2S. The van der Waals surface area contributed by atoms with Crippen molar-refractivity contribution in [3.8, 4) is 0 Å². The molecule has 0 saturated carbocycles. The van der Waals surface area contributed by atoms with Crippen LogP contribution in [0.5, 0.6) is 0 Å². The smallest absolute Gasteiger partial charge is 0.106 e. The third-order valence-electron chi connectivity index (χ3n) is 1.86. The fourth-order valence-electron chi connectivity index (χ4n) is 1.03. The lowest BCUT2D eigenvalue weighted by molar-refractivity contribution is 1.19. The van der Waals surface area contributed by atoms with E-state index in [-0.39, 0.29) is 0 Å². The number of rotatable bonds is 0. The SMILES string of the molecule is Cc1cc2nnsc2cc1C. The molecule has 0 radical (unpaired) electrons. The highest BCUT2D eigenvalue weighted by Crippen LogP contribution is 2.19. The van der Waals surface area contributed by atoms with Crippen LogP contribution in [0, 0.1) is 13.8 Å². The van der Waals surface area contributed by atoms with Crippen molar-refractivity contribution in [2.45, 2.75) is 13.8 Å². The summed E-state index contributed by atoms with van der Waals surface area (Å²) in [6.45, 7) is 4.20. The molecule has 3 heteroatoms. The van der Waals surface area contributed by atoms with Crippen LogP contribution in [0.25, 0.3) is 10.2 Å². The van der Waals surface area contributed by atoms with E-state index in [4.69, 9.17) is 0 Å². The van der Waals surface area contributed by atoms with Crippen molar-refractivity contribution in [3.05, 3.63) is 23.3 Å². The van der Waals surface area contributed by atoms with Crippen molar-refractivity contribution >= 4 is 21.7 Å². The van der Waals surface area contributed by atoms with Gasteiger partial charge >= 0.3 is 0 Å². The minimum absolute atomic E-state index is 1.01. The van der Waals surface area contributed by atoms with E-state index < -0.39 is 0 Å². The van der Waals surface area contributed by atoms with E-state index in [9.17, 15) is 0 Å². The first-order valence-electron chi connectivity index (χ1n) is 3.47. The van der Waals surface area contributed by atoms with Crippen LogP contribution in [0.3, 0.4) is 0 Å². The van der Waals surface area contributed by atoms with Crippen LogP contribution in [-0.4, -0.2) is 9.59 Å². The molecule has 0 aliphatic carbocycles. The molecule has 2 nitrogen and oxygen atoms in total. The molecule has 0 amide bonds. The summed E-state index contributed by atoms with van der Waals surface area (Å²) in [5.41, 5.74) is 3.60. The maximum absolute atomic E-state index is 3.99. The minimum Gasteiger partial charge on any atom is -0.138 e. The van der Waals surface area contributed by atoms with Gasteiger partial charge in [0.25, 0.3) is 0 Å². The topological polar surface area (TPSA) is 25.8 Å². The Hall–Kier alpha value is -0.960. The zero-order valence-corrected chi connectivity index (χ0v) is 7.27. The molecule has 1 aromatic heterocycles. The van der Waals surface area contributed by atoms with Crippen molar-refractivity contribution in [1.29, 1.82) is 0 Å². The molecule has 0 saturated heterocycles. The average molecular weight is 164 g/mol. The third-order valence-corrected chi connectivity index (χ3v) is 2.55. The van der Waals surface area contributed by atoms with Crippen molar-refractivity contribution in [1.82, 2.24) is 9.59 Å². The molecule has 2 aromatic rings. The average Bonchev–Trinajstić information content (AvgIpc) is 2.36. The van der Waals surface area contributed by atoms with Gasteiger partial charge in [-0.05, 0) is 48.6 Å². The second-order valence-electron chi connectivity index (χ2n) is 2.68. The number of benzene rings is 1. The Balaban J connectivity index is 2.86. The third kappa shape index (κ3) is 1.01. The lowest BCUT2D eigenvalue weighted by atomic mass is 10.1. The molecule has 1 heterocycles. The van der Waals surface area contributed by atoms with Crippen LogP contribution in [-0.2, 0) is 0 Å². The first kappa shape index (κ1) is 6.73. The Bertz CT molecular complexity index is 356. The summed E-state index contributed by atoms with van der Waals surface area (Å²) in [4.78, 5) is 0. The Kier molecular flexibility index (Phi) is 1.39. The zero-order valence-electron chi connectivity index (χ0n) is 6.46. The van der Waals surface area contributed by atoms with E-state index >= 15 is 0 Å². The van der Waals surface area contributed by atoms with Gasteiger partial charge in [0.15, 0.2) is 0 Å². The summed E-state index contributed by atoms with van der Waals surface area (Å²) < 4.78 is 5.05. The highest BCUT2D eigenvalue weighted by Gasteiger charge is 1.99. The molecular weight excluding hydrogens is 156 g/mol. The molecule has 2 rings (SSSR count). The van der Waals surface area contributed by atoms with Gasteiger partial charge in [-0.15, -0.1) is 5.10 Å². The lowest BCUT2D eigenvalue weighted by Gasteiger charge is -1.96. The molecule has 56 valence electrons. The molecule has 0 aliphatic rings. The van der Waals surface area contributed by atoms with Gasteiger partial charge in [0, 0.05) is 0 Å². The number of hydrogen-bond donors (Lipinski definition) is 0. The fraction of sp³-hybridized carbons (Fsp3) is 0.250. The van der Waals surface area contributed by atoms with E-state index in [1.165, 1.54) is 27.4 Å². The quantitative estimate of drug-likeness (QED) is 0.597. The highest BCUT2D eigenvalue weighted by molar-refractivity contribution is 7.12. The number of fused-ring (bicyclic) bond motifs is 1. The molecule has 0 N–H and O–H groups in total. The molecule has 0 atom stereocenters. The van der Waals surface area contributed by atoms with Gasteiger partial charge in [-0.3, -0.25) is 0 Å². The molecule has 0 aliphatic heterocycles. The molecule has 0 spiro atoms. The fourth-order valence-corrected chi connectivity index (χ4v) is 1.67. The van der Waals surface area contributed by atoms with E-state index in [1.54, 1.807) is 0 Å². The predicted octanol–water partition coefficient (Wildman–Crippen LogP) is 2.31. The van der Waals surface area contributed by atoms with E-state index in [0.29, 0.717) is 0 Å². The minimum atomic E-state index is 1.01. The first-order valence-corrected chi connectivity index (χ1v) is 4.24. The number of aryl methyl sites for hydroxylation is 2. The van der Waals surface area contributed by atoms with Crippen LogP contribution in [0.4, 0.5) is 0 Å².